The number of unbranched alkanes of at least 4 members (excludes halogenated alkanes) is 2. The van der Waals surface area contributed by atoms with Crippen LogP contribution in [0.25, 0.3) is 0 Å². The normalized spacial score (nSPS) is 21.7. The Kier molecular flexibility index (Phi) is 5.61. The Morgan fingerprint density at radius 1 is 1.25 bits per heavy atom. The molecule has 0 saturated carbocycles. The minimum Gasteiger partial charge on any atom is -0.481 e. The van der Waals surface area contributed by atoms with Gasteiger partial charge < -0.3 is 5.11 Å². The number of likely N-dealkylation sites (tertiary alicyclic amines) is 1. The van der Waals surface area contributed by atoms with E-state index >= 15 is 0 Å². The first kappa shape index (κ1) is 16.1. The summed E-state index contributed by atoms with van der Waals surface area (Å²) in [6, 6.07) is 0. The van der Waals surface area contributed by atoms with Gasteiger partial charge in [-0.15, -0.1) is 0 Å². The molecule has 1 fully saturated rings. The molecule has 20 heavy (non-hydrogen) atoms. The summed E-state index contributed by atoms with van der Waals surface area (Å²) in [6.07, 6.45) is 3.64. The number of carboxylic acid groups (broad SMARTS) is 1. The third-order valence-corrected chi connectivity index (χ3v) is 3.42. The van der Waals surface area contributed by atoms with Crippen LogP contribution in [0.5, 0.6) is 0 Å². The van der Waals surface area contributed by atoms with Gasteiger partial charge in [-0.25, -0.2) is 0 Å². The van der Waals surface area contributed by atoms with Gasteiger partial charge in [0, 0.05) is 13.5 Å². The first-order valence-corrected chi connectivity index (χ1v) is 6.64. The highest BCUT2D eigenvalue weighted by Gasteiger charge is 2.41. The molecule has 0 aromatic heterocycles. The maximum Gasteiger partial charge on any atom is 0.303 e. The number of allylic oxidation sites excluding steroid dienone is 1. The Hall–Kier alpha value is -1.98. The van der Waals surface area contributed by atoms with Gasteiger partial charge in [-0.05, 0) is 19.8 Å². The van der Waals surface area contributed by atoms with Crippen LogP contribution in [0.1, 0.15) is 39.0 Å². The van der Waals surface area contributed by atoms with Crippen LogP contribution in [0.4, 0.5) is 0 Å². The molecule has 0 radical (unpaired) electrons. The largest absolute Gasteiger partial charge is 0.481 e. The van der Waals surface area contributed by atoms with E-state index in [0.717, 1.165) is 4.90 Å². The first-order chi connectivity index (χ1) is 9.40. The molecule has 6 nitrogen and oxygen atoms in total. The van der Waals surface area contributed by atoms with E-state index in [2.05, 4.69) is 0 Å². The van der Waals surface area contributed by atoms with Crippen molar-refractivity contribution in [2.45, 2.75) is 39.0 Å². The van der Waals surface area contributed by atoms with E-state index in [4.69, 9.17) is 5.11 Å². The number of aliphatic carboxylic acids is 1. The molecule has 0 bridgehead atoms. The van der Waals surface area contributed by atoms with Crippen molar-refractivity contribution in [3.8, 4) is 0 Å². The standard InChI is InChI=1S/C14H19NO5/c1-3-9-12(18)10(14(20)15(2)13(9)19)7-5-4-6-8-11(16)17/h3,10H,4-8H2,1-2H3,(H,16,17)/b9-3+. The average molecular weight is 281 g/mol. The number of piperidine rings is 1. The quantitative estimate of drug-likeness (QED) is 0.259. The zero-order chi connectivity index (χ0) is 15.3. The number of hydrogen-bond donors (Lipinski definition) is 1. The molecule has 0 aliphatic carbocycles. The van der Waals surface area contributed by atoms with E-state index in [1.165, 1.54) is 13.1 Å². The maximum absolute atomic E-state index is 12.1. The van der Waals surface area contributed by atoms with Gasteiger partial charge in [-0.2, -0.15) is 0 Å². The van der Waals surface area contributed by atoms with Crippen molar-refractivity contribution >= 4 is 23.6 Å². The first-order valence-electron chi connectivity index (χ1n) is 6.64. The van der Waals surface area contributed by atoms with E-state index in [1.54, 1.807) is 6.92 Å². The lowest BCUT2D eigenvalue weighted by Gasteiger charge is -2.28. The number of amides is 2. The van der Waals surface area contributed by atoms with Gasteiger partial charge in [0.05, 0.1) is 5.57 Å². The molecule has 110 valence electrons. The summed E-state index contributed by atoms with van der Waals surface area (Å²) in [5.41, 5.74) is 0.0580. The summed E-state index contributed by atoms with van der Waals surface area (Å²) in [7, 11) is 1.37. The fourth-order valence-electron chi connectivity index (χ4n) is 2.24. The zero-order valence-corrected chi connectivity index (χ0v) is 11.7. The highest BCUT2D eigenvalue weighted by Crippen LogP contribution is 2.24. The van der Waals surface area contributed by atoms with E-state index in [9.17, 15) is 19.2 Å². The number of rotatable bonds is 6. The van der Waals surface area contributed by atoms with Crippen LogP contribution < -0.4 is 0 Å². The Balaban J connectivity index is 2.60. The topological polar surface area (TPSA) is 91.8 Å². The highest BCUT2D eigenvalue weighted by molar-refractivity contribution is 6.31. The molecule has 1 aliphatic heterocycles. The van der Waals surface area contributed by atoms with E-state index in [-0.39, 0.29) is 12.0 Å². The van der Waals surface area contributed by atoms with Crippen molar-refractivity contribution < 1.29 is 24.3 Å². The number of ketones is 1. The molecular formula is C14H19NO5. The van der Waals surface area contributed by atoms with Gasteiger partial charge in [0.15, 0.2) is 5.78 Å². The molecule has 2 amide bonds. The second-order valence-corrected chi connectivity index (χ2v) is 4.81. The Morgan fingerprint density at radius 2 is 1.90 bits per heavy atom. The van der Waals surface area contributed by atoms with Crippen LogP contribution in [0.15, 0.2) is 11.6 Å². The molecule has 0 aromatic carbocycles. The monoisotopic (exact) mass is 281 g/mol. The molecule has 1 atom stereocenters. The van der Waals surface area contributed by atoms with Gasteiger partial charge in [-0.3, -0.25) is 24.1 Å². The van der Waals surface area contributed by atoms with Crippen LogP contribution in [-0.2, 0) is 19.2 Å². The number of nitrogens with zero attached hydrogens (tertiary/aromatic N) is 1. The fraction of sp³-hybridized carbons (Fsp3) is 0.571. The lowest BCUT2D eigenvalue weighted by Crippen LogP contribution is -2.48. The van der Waals surface area contributed by atoms with Crippen LogP contribution >= 0.6 is 0 Å². The highest BCUT2D eigenvalue weighted by atomic mass is 16.4. The Bertz CT molecular complexity index is 466. The molecule has 1 N–H and O–H groups in total. The molecule has 1 aliphatic rings. The maximum atomic E-state index is 12.1. The van der Waals surface area contributed by atoms with Gasteiger partial charge in [0.2, 0.25) is 5.91 Å². The SMILES string of the molecule is C/C=C1\C(=O)C(CCCCCC(=O)O)C(=O)N(C)C1=O. The van der Waals surface area contributed by atoms with Crippen molar-refractivity contribution in [1.82, 2.24) is 4.90 Å². The van der Waals surface area contributed by atoms with Crippen LogP contribution in [-0.4, -0.2) is 40.6 Å². The smallest absolute Gasteiger partial charge is 0.303 e. The van der Waals surface area contributed by atoms with E-state index in [1.807, 2.05) is 0 Å². The van der Waals surface area contributed by atoms with Crippen LogP contribution in [0.3, 0.4) is 0 Å². The predicted octanol–water partition coefficient (Wildman–Crippen LogP) is 1.15. The fourth-order valence-corrected chi connectivity index (χ4v) is 2.24. The summed E-state index contributed by atoms with van der Waals surface area (Å²) >= 11 is 0. The summed E-state index contributed by atoms with van der Waals surface area (Å²) in [5.74, 6) is -3.10. The van der Waals surface area contributed by atoms with E-state index in [0.29, 0.717) is 25.7 Å². The molecule has 0 spiro atoms. The minimum absolute atomic E-state index is 0.0580. The number of Topliss-reactive ketones (excluding diaryl/α,β-unsaturated/α-hetero) is 1. The number of carbonyl (C=O) groups is 4. The molecule has 1 unspecified atom stereocenters. The molecule has 0 aromatic rings. The average Bonchev–Trinajstić information content (AvgIpc) is 2.40. The number of likely N-dealkylation sites (N-methyl/N-ethyl adjacent to an activating group) is 1. The van der Waals surface area contributed by atoms with Crippen molar-refractivity contribution in [3.63, 3.8) is 0 Å². The predicted molar refractivity (Wildman–Crippen MR) is 70.8 cm³/mol. The zero-order valence-electron chi connectivity index (χ0n) is 11.7. The molecule has 1 saturated heterocycles. The van der Waals surface area contributed by atoms with Crippen LogP contribution in [0.2, 0.25) is 0 Å². The van der Waals surface area contributed by atoms with Gasteiger partial charge in [0.25, 0.3) is 5.91 Å². The molecule has 1 rings (SSSR count). The minimum atomic E-state index is -0.851. The second kappa shape index (κ2) is 6.98. The number of carbonyl (C=O) groups excluding carboxylic acids is 3. The molecule has 6 heteroatoms. The van der Waals surface area contributed by atoms with Gasteiger partial charge in [0.1, 0.15) is 5.92 Å². The van der Waals surface area contributed by atoms with Gasteiger partial charge in [-0.1, -0.05) is 18.9 Å². The molecule has 1 heterocycles. The summed E-state index contributed by atoms with van der Waals surface area (Å²) in [5, 5.41) is 8.52. The van der Waals surface area contributed by atoms with Gasteiger partial charge >= 0.3 is 5.97 Å². The van der Waals surface area contributed by atoms with Crippen molar-refractivity contribution in [1.29, 1.82) is 0 Å². The van der Waals surface area contributed by atoms with Crippen molar-refractivity contribution in [2.24, 2.45) is 5.92 Å². The lowest BCUT2D eigenvalue weighted by atomic mass is 9.87. The number of hydrogen-bond acceptors (Lipinski definition) is 4. The number of imide groups is 1. The summed E-state index contributed by atoms with van der Waals surface area (Å²) in [6.45, 7) is 1.60. The summed E-state index contributed by atoms with van der Waals surface area (Å²) in [4.78, 5) is 47.1. The lowest BCUT2D eigenvalue weighted by molar-refractivity contribution is -0.150. The van der Waals surface area contributed by atoms with Crippen molar-refractivity contribution in [2.75, 3.05) is 7.05 Å². The third-order valence-electron chi connectivity index (χ3n) is 3.42. The van der Waals surface area contributed by atoms with Crippen molar-refractivity contribution in [3.05, 3.63) is 11.6 Å². The Labute approximate surface area is 117 Å². The third kappa shape index (κ3) is 3.53. The van der Waals surface area contributed by atoms with E-state index < -0.39 is 29.5 Å². The summed E-state index contributed by atoms with van der Waals surface area (Å²) < 4.78 is 0. The molecular weight excluding hydrogens is 262 g/mol. The second-order valence-electron chi connectivity index (χ2n) is 4.81. The number of carboxylic acids is 1. The Morgan fingerprint density at radius 3 is 2.45 bits per heavy atom. The van der Waals surface area contributed by atoms with Crippen LogP contribution in [0, 0.1) is 5.92 Å².